The molecule has 2 nitrogen and oxygen atoms in total. The van der Waals surface area contributed by atoms with Gasteiger partial charge in [-0.25, -0.2) is 4.99 Å². The molecule has 0 radical (unpaired) electrons. The fourth-order valence-electron chi connectivity index (χ4n) is 0.231. The second-order valence-electron chi connectivity index (χ2n) is 1.13. The standard InChI is InChI=1S/C7H6N2/c1-2-6-9-7-4-3-5-8/h3-4,7H,1H3. The highest BCUT2D eigenvalue weighted by molar-refractivity contribution is 5.72. The summed E-state index contributed by atoms with van der Waals surface area (Å²) in [7, 11) is 0. The van der Waals surface area contributed by atoms with Crippen molar-refractivity contribution >= 4 is 6.21 Å². The Morgan fingerprint density at radius 1 is 1.56 bits per heavy atom. The molecule has 0 aromatic heterocycles. The summed E-state index contributed by atoms with van der Waals surface area (Å²) >= 11 is 0. The Hall–Kier alpha value is -1.54. The van der Waals surface area contributed by atoms with Crippen LogP contribution in [0.5, 0.6) is 0 Å². The van der Waals surface area contributed by atoms with Crippen molar-refractivity contribution < 1.29 is 0 Å². The molecule has 0 rings (SSSR count). The third-order valence-electron chi connectivity index (χ3n) is 0.508. The Labute approximate surface area is 54.5 Å². The number of nitriles is 1. The SMILES string of the molecule is CC#CN=CC=CC#N. The number of allylic oxidation sites excluding steroid dienone is 2. The predicted octanol–water partition coefficient (Wildman–Crippen LogP) is 1.12. The van der Waals surface area contributed by atoms with E-state index in [0.29, 0.717) is 0 Å². The minimum absolute atomic E-state index is 1.33. The summed E-state index contributed by atoms with van der Waals surface area (Å²) in [5, 5.41) is 7.99. The smallest absolute Gasteiger partial charge is 0.0912 e. The van der Waals surface area contributed by atoms with Gasteiger partial charge in [-0.3, -0.25) is 0 Å². The van der Waals surface area contributed by atoms with E-state index in [0.717, 1.165) is 0 Å². The molecular weight excluding hydrogens is 112 g/mol. The van der Waals surface area contributed by atoms with Crippen LogP contribution in [0, 0.1) is 23.3 Å². The Morgan fingerprint density at radius 3 is 2.89 bits per heavy atom. The first kappa shape index (κ1) is 7.46. The molecule has 0 heterocycles. The van der Waals surface area contributed by atoms with E-state index in [1.165, 1.54) is 18.4 Å². The second kappa shape index (κ2) is 6.46. The van der Waals surface area contributed by atoms with Gasteiger partial charge in [-0.2, -0.15) is 5.26 Å². The van der Waals surface area contributed by atoms with E-state index in [-0.39, 0.29) is 0 Å². The minimum Gasteiger partial charge on any atom is -0.206 e. The first-order valence-corrected chi connectivity index (χ1v) is 2.41. The lowest BCUT2D eigenvalue weighted by Gasteiger charge is -1.63. The average molecular weight is 118 g/mol. The molecule has 0 fully saturated rings. The van der Waals surface area contributed by atoms with Crippen molar-refractivity contribution in [2.24, 2.45) is 4.99 Å². The summed E-state index contributed by atoms with van der Waals surface area (Å²) in [5.74, 6) is 2.58. The average Bonchev–Trinajstić information content (AvgIpc) is 1.89. The van der Waals surface area contributed by atoms with Gasteiger partial charge in [0.15, 0.2) is 0 Å². The number of nitrogens with zero attached hydrogens (tertiary/aromatic N) is 2. The zero-order valence-corrected chi connectivity index (χ0v) is 5.13. The van der Waals surface area contributed by atoms with Crippen LogP contribution in [-0.4, -0.2) is 6.21 Å². The van der Waals surface area contributed by atoms with E-state index in [4.69, 9.17) is 5.26 Å². The van der Waals surface area contributed by atoms with Crippen LogP contribution in [0.15, 0.2) is 17.1 Å². The van der Waals surface area contributed by atoms with Crippen LogP contribution >= 0.6 is 0 Å². The van der Waals surface area contributed by atoms with Crippen LogP contribution in [0.4, 0.5) is 0 Å². The molecule has 0 saturated carbocycles. The summed E-state index contributed by atoms with van der Waals surface area (Å²) in [5.41, 5.74) is 0. The lowest BCUT2D eigenvalue weighted by atomic mass is 10.5. The van der Waals surface area contributed by atoms with Gasteiger partial charge in [0.2, 0.25) is 0 Å². The van der Waals surface area contributed by atoms with Crippen LogP contribution in [0.2, 0.25) is 0 Å². The molecule has 0 aromatic rings. The maximum atomic E-state index is 7.99. The van der Waals surface area contributed by atoms with Crippen LogP contribution in [-0.2, 0) is 0 Å². The minimum atomic E-state index is 1.33. The van der Waals surface area contributed by atoms with Crippen molar-refractivity contribution in [3.05, 3.63) is 12.2 Å². The summed E-state index contributed by atoms with van der Waals surface area (Å²) in [6.45, 7) is 1.70. The summed E-state index contributed by atoms with van der Waals surface area (Å²) in [6, 6.07) is 4.29. The fourth-order valence-corrected chi connectivity index (χ4v) is 0.231. The molecule has 0 aliphatic rings. The van der Waals surface area contributed by atoms with Gasteiger partial charge in [0.05, 0.1) is 6.07 Å². The van der Waals surface area contributed by atoms with Crippen LogP contribution in [0.1, 0.15) is 6.92 Å². The maximum Gasteiger partial charge on any atom is 0.0912 e. The highest BCUT2D eigenvalue weighted by Crippen LogP contribution is 1.64. The molecule has 0 unspecified atom stereocenters. The zero-order valence-electron chi connectivity index (χ0n) is 5.13. The second-order valence-corrected chi connectivity index (χ2v) is 1.13. The Balaban J connectivity index is 3.59. The van der Waals surface area contributed by atoms with E-state index in [2.05, 4.69) is 17.0 Å². The first-order valence-electron chi connectivity index (χ1n) is 2.41. The topological polar surface area (TPSA) is 36.1 Å². The van der Waals surface area contributed by atoms with E-state index in [9.17, 15) is 0 Å². The molecule has 0 aliphatic carbocycles. The molecule has 0 bridgehead atoms. The third kappa shape index (κ3) is 6.46. The molecular formula is C7H6N2. The van der Waals surface area contributed by atoms with Crippen molar-refractivity contribution in [2.75, 3.05) is 0 Å². The number of rotatable bonds is 1. The van der Waals surface area contributed by atoms with Crippen molar-refractivity contribution in [1.29, 1.82) is 5.26 Å². The van der Waals surface area contributed by atoms with Gasteiger partial charge in [0, 0.05) is 18.3 Å². The van der Waals surface area contributed by atoms with Gasteiger partial charge in [-0.15, -0.1) is 0 Å². The molecule has 0 aromatic carbocycles. The predicted molar refractivity (Wildman–Crippen MR) is 36.7 cm³/mol. The Bertz CT molecular complexity index is 207. The van der Waals surface area contributed by atoms with Gasteiger partial charge in [-0.1, -0.05) is 5.92 Å². The molecule has 0 atom stereocenters. The number of aliphatic imine (C=N–C) groups is 1. The molecule has 2 heteroatoms. The van der Waals surface area contributed by atoms with E-state index < -0.39 is 0 Å². The van der Waals surface area contributed by atoms with Gasteiger partial charge in [0.1, 0.15) is 0 Å². The molecule has 0 aliphatic heterocycles. The van der Waals surface area contributed by atoms with Crippen LogP contribution < -0.4 is 0 Å². The Kier molecular flexibility index (Phi) is 5.35. The maximum absolute atomic E-state index is 7.99. The Morgan fingerprint density at radius 2 is 2.33 bits per heavy atom. The van der Waals surface area contributed by atoms with Gasteiger partial charge < -0.3 is 0 Å². The van der Waals surface area contributed by atoms with E-state index in [1.54, 1.807) is 6.92 Å². The largest absolute Gasteiger partial charge is 0.206 e. The van der Waals surface area contributed by atoms with E-state index >= 15 is 0 Å². The fraction of sp³-hybridized carbons (Fsp3) is 0.143. The number of hydrogen-bond donors (Lipinski definition) is 0. The highest BCUT2D eigenvalue weighted by Gasteiger charge is 1.58. The van der Waals surface area contributed by atoms with Gasteiger partial charge >= 0.3 is 0 Å². The number of hydrogen-bond acceptors (Lipinski definition) is 2. The molecule has 0 saturated heterocycles. The van der Waals surface area contributed by atoms with Crippen molar-refractivity contribution in [1.82, 2.24) is 0 Å². The quantitative estimate of drug-likeness (QED) is 0.288. The lowest BCUT2D eigenvalue weighted by Crippen LogP contribution is -1.59. The molecule has 9 heavy (non-hydrogen) atoms. The molecule has 0 N–H and O–H groups in total. The van der Waals surface area contributed by atoms with Crippen molar-refractivity contribution in [3.8, 4) is 18.0 Å². The summed E-state index contributed by atoms with van der Waals surface area (Å²) < 4.78 is 0. The monoisotopic (exact) mass is 118 g/mol. The molecule has 44 valence electrons. The first-order chi connectivity index (χ1) is 4.41. The van der Waals surface area contributed by atoms with Crippen molar-refractivity contribution in [3.63, 3.8) is 0 Å². The highest BCUT2D eigenvalue weighted by atomic mass is 14.6. The molecule has 0 spiro atoms. The summed E-state index contributed by atoms with van der Waals surface area (Å²) in [4.78, 5) is 3.60. The van der Waals surface area contributed by atoms with Crippen LogP contribution in [0.3, 0.4) is 0 Å². The van der Waals surface area contributed by atoms with Crippen molar-refractivity contribution in [2.45, 2.75) is 6.92 Å². The van der Waals surface area contributed by atoms with Gasteiger partial charge in [0.25, 0.3) is 0 Å². The normalized spacial score (nSPS) is 8.89. The van der Waals surface area contributed by atoms with Gasteiger partial charge in [-0.05, 0) is 13.0 Å². The molecule has 0 amide bonds. The lowest BCUT2D eigenvalue weighted by molar-refractivity contribution is 1.53. The summed E-state index contributed by atoms with van der Waals surface area (Å²) in [6.07, 6.45) is 4.34. The zero-order chi connectivity index (χ0) is 6.95. The van der Waals surface area contributed by atoms with E-state index in [1.807, 2.05) is 6.07 Å². The van der Waals surface area contributed by atoms with Crippen LogP contribution in [0.25, 0.3) is 0 Å². The third-order valence-corrected chi connectivity index (χ3v) is 0.508.